The van der Waals surface area contributed by atoms with Gasteiger partial charge >= 0.3 is 6.18 Å². The van der Waals surface area contributed by atoms with E-state index in [2.05, 4.69) is 15.3 Å². The number of carbonyl (C=O) groups excluding carboxylic acids is 2. The molecule has 8 nitrogen and oxygen atoms in total. The first-order valence-corrected chi connectivity index (χ1v) is 9.73. The van der Waals surface area contributed by atoms with Gasteiger partial charge in [-0.3, -0.25) is 19.2 Å². The van der Waals surface area contributed by atoms with Crippen molar-refractivity contribution in [3.8, 4) is 5.88 Å². The number of aromatic nitrogens is 2. The number of aryl methyl sites for hydroxylation is 1. The van der Waals surface area contributed by atoms with Crippen LogP contribution in [-0.2, 0) is 13.2 Å². The molecule has 3 rings (SSSR count). The number of alkyl halides is 3. The smallest absolute Gasteiger partial charge is 0.416 e. The molecule has 1 aromatic carbocycles. The largest absolute Gasteiger partial charge is 0.479 e. The summed E-state index contributed by atoms with van der Waals surface area (Å²) in [7, 11) is 3.19. The summed E-state index contributed by atoms with van der Waals surface area (Å²) in [6.07, 6.45) is -2.80. The maximum Gasteiger partial charge on any atom is 0.416 e. The minimum Gasteiger partial charge on any atom is -0.479 e. The van der Waals surface area contributed by atoms with Crippen molar-refractivity contribution in [3.63, 3.8) is 0 Å². The van der Waals surface area contributed by atoms with Gasteiger partial charge < -0.3 is 15.0 Å². The van der Waals surface area contributed by atoms with E-state index in [-0.39, 0.29) is 11.5 Å². The van der Waals surface area contributed by atoms with Crippen LogP contribution < -0.4 is 10.1 Å². The molecular formula is C20H24F3N5O3. The highest BCUT2D eigenvalue weighted by Crippen LogP contribution is 2.29. The fourth-order valence-electron chi connectivity index (χ4n) is 3.35. The maximum absolute atomic E-state index is 12.7. The van der Waals surface area contributed by atoms with Gasteiger partial charge in [-0.15, -0.1) is 5.10 Å². The van der Waals surface area contributed by atoms with Crippen LogP contribution in [-0.4, -0.2) is 77.8 Å². The molecule has 0 spiro atoms. The lowest BCUT2D eigenvalue weighted by atomic mass is 10.1. The maximum atomic E-state index is 12.7. The Labute approximate surface area is 177 Å². The predicted molar refractivity (Wildman–Crippen MR) is 106 cm³/mol. The average Bonchev–Trinajstić information content (AvgIpc) is 3.14. The number of nitrogens with one attached hydrogen (secondary N) is 1. The van der Waals surface area contributed by atoms with Crippen molar-refractivity contribution in [1.29, 1.82) is 0 Å². The predicted octanol–water partition coefficient (Wildman–Crippen LogP) is 1.64. The van der Waals surface area contributed by atoms with E-state index in [1.165, 1.54) is 11.8 Å². The number of piperazine rings is 1. The number of hydrogen-bond acceptors (Lipinski definition) is 5. The van der Waals surface area contributed by atoms with Crippen LogP contribution in [0.2, 0.25) is 0 Å². The highest BCUT2D eigenvalue weighted by molar-refractivity contribution is 5.96. The van der Waals surface area contributed by atoms with Crippen LogP contribution in [0.5, 0.6) is 5.88 Å². The second-order valence-corrected chi connectivity index (χ2v) is 7.19. The number of methoxy groups -OCH3 is 1. The van der Waals surface area contributed by atoms with E-state index in [9.17, 15) is 22.8 Å². The summed E-state index contributed by atoms with van der Waals surface area (Å²) in [5.41, 5.74) is -0.198. The van der Waals surface area contributed by atoms with Gasteiger partial charge in [0.25, 0.3) is 11.8 Å². The highest BCUT2D eigenvalue weighted by Gasteiger charge is 2.30. The lowest BCUT2D eigenvalue weighted by molar-refractivity contribution is -0.137. The quantitative estimate of drug-likeness (QED) is 0.740. The molecule has 2 heterocycles. The van der Waals surface area contributed by atoms with Crippen molar-refractivity contribution in [2.45, 2.75) is 6.18 Å². The van der Waals surface area contributed by atoms with Gasteiger partial charge in [-0.1, -0.05) is 0 Å². The number of rotatable bonds is 6. The number of ether oxygens (including phenoxy) is 1. The monoisotopic (exact) mass is 439 g/mol. The number of benzene rings is 1. The third-order valence-corrected chi connectivity index (χ3v) is 5.07. The summed E-state index contributed by atoms with van der Waals surface area (Å²) in [6, 6.07) is 4.11. The molecule has 1 aliphatic rings. The van der Waals surface area contributed by atoms with Gasteiger partial charge in [0.2, 0.25) is 5.88 Å². The number of nitrogens with zero attached hydrogens (tertiary/aromatic N) is 4. The first-order chi connectivity index (χ1) is 14.7. The molecule has 0 radical (unpaired) electrons. The van der Waals surface area contributed by atoms with Crippen LogP contribution >= 0.6 is 0 Å². The Morgan fingerprint density at radius 3 is 2.35 bits per heavy atom. The Hall–Kier alpha value is -3.08. The molecule has 31 heavy (non-hydrogen) atoms. The Morgan fingerprint density at radius 2 is 1.77 bits per heavy atom. The number of halogens is 3. The SMILES string of the molecule is COc1nn(C)cc1C(=O)N1CCN(CCNC(=O)c2ccc(C(F)(F)F)cc2)CC1. The third kappa shape index (κ3) is 5.54. The summed E-state index contributed by atoms with van der Waals surface area (Å²) in [4.78, 5) is 28.7. The first kappa shape index (κ1) is 22.6. The lowest BCUT2D eigenvalue weighted by Gasteiger charge is -2.34. The molecule has 1 N–H and O–H groups in total. The zero-order valence-corrected chi connectivity index (χ0v) is 17.3. The molecule has 1 aliphatic heterocycles. The van der Waals surface area contributed by atoms with Gasteiger partial charge in [-0.05, 0) is 24.3 Å². The van der Waals surface area contributed by atoms with Crippen LogP contribution in [0.15, 0.2) is 30.5 Å². The number of amides is 2. The molecule has 2 amide bonds. The summed E-state index contributed by atoms with van der Waals surface area (Å²) >= 11 is 0. The van der Waals surface area contributed by atoms with E-state index < -0.39 is 17.6 Å². The van der Waals surface area contributed by atoms with Crippen LogP contribution in [0.4, 0.5) is 13.2 Å². The Kier molecular flexibility index (Phi) is 6.84. The molecule has 168 valence electrons. The first-order valence-electron chi connectivity index (χ1n) is 9.73. The van der Waals surface area contributed by atoms with Gasteiger partial charge in [-0.25, -0.2) is 0 Å². The molecule has 0 unspecified atom stereocenters. The summed E-state index contributed by atoms with van der Waals surface area (Å²) in [6.45, 7) is 3.28. The van der Waals surface area contributed by atoms with Crippen molar-refractivity contribution in [3.05, 3.63) is 47.2 Å². The molecule has 0 aliphatic carbocycles. The van der Waals surface area contributed by atoms with Gasteiger partial charge in [0.15, 0.2) is 0 Å². The third-order valence-electron chi connectivity index (χ3n) is 5.07. The fourth-order valence-corrected chi connectivity index (χ4v) is 3.35. The Bertz CT molecular complexity index is 919. The van der Waals surface area contributed by atoms with Crippen molar-refractivity contribution >= 4 is 11.8 Å². The fraction of sp³-hybridized carbons (Fsp3) is 0.450. The molecular weight excluding hydrogens is 415 g/mol. The van der Waals surface area contributed by atoms with Crippen LogP contribution in [0.3, 0.4) is 0 Å². The van der Waals surface area contributed by atoms with Gasteiger partial charge in [0.05, 0.1) is 12.7 Å². The topological polar surface area (TPSA) is 79.7 Å². The van der Waals surface area contributed by atoms with Crippen LogP contribution in [0.1, 0.15) is 26.3 Å². The summed E-state index contributed by atoms with van der Waals surface area (Å²) in [5, 5.41) is 6.81. The Balaban J connectivity index is 1.43. The molecule has 11 heteroatoms. The minimum atomic E-state index is -4.43. The number of hydrogen-bond donors (Lipinski definition) is 1. The van der Waals surface area contributed by atoms with Crippen molar-refractivity contribution in [2.75, 3.05) is 46.4 Å². The summed E-state index contributed by atoms with van der Waals surface area (Å²) in [5.74, 6) is -0.271. The van der Waals surface area contributed by atoms with E-state index in [0.717, 1.165) is 24.3 Å². The highest BCUT2D eigenvalue weighted by atomic mass is 19.4. The van der Waals surface area contributed by atoms with E-state index in [0.29, 0.717) is 50.7 Å². The summed E-state index contributed by atoms with van der Waals surface area (Å²) < 4.78 is 44.5. The Morgan fingerprint density at radius 1 is 1.13 bits per heavy atom. The van der Waals surface area contributed by atoms with Crippen LogP contribution in [0.25, 0.3) is 0 Å². The minimum absolute atomic E-state index is 0.139. The molecule has 2 aromatic rings. The molecule has 0 atom stereocenters. The second-order valence-electron chi connectivity index (χ2n) is 7.19. The molecule has 0 saturated carbocycles. The van der Waals surface area contributed by atoms with Crippen molar-refractivity contribution in [1.82, 2.24) is 24.9 Å². The van der Waals surface area contributed by atoms with E-state index >= 15 is 0 Å². The second kappa shape index (κ2) is 9.38. The zero-order valence-electron chi connectivity index (χ0n) is 17.3. The van der Waals surface area contributed by atoms with Gasteiger partial charge in [0, 0.05) is 58.1 Å². The molecule has 1 fully saturated rings. The van der Waals surface area contributed by atoms with E-state index in [1.807, 2.05) is 0 Å². The lowest BCUT2D eigenvalue weighted by Crippen LogP contribution is -2.50. The normalized spacial score (nSPS) is 15.1. The molecule has 1 saturated heterocycles. The molecule has 1 aromatic heterocycles. The van der Waals surface area contributed by atoms with Gasteiger partial charge in [-0.2, -0.15) is 13.2 Å². The van der Waals surface area contributed by atoms with E-state index in [1.54, 1.807) is 18.1 Å². The zero-order chi connectivity index (χ0) is 22.6. The van der Waals surface area contributed by atoms with Crippen LogP contribution in [0, 0.1) is 0 Å². The van der Waals surface area contributed by atoms with E-state index in [4.69, 9.17) is 4.74 Å². The van der Waals surface area contributed by atoms with Gasteiger partial charge in [0.1, 0.15) is 5.56 Å². The number of carbonyl (C=O) groups is 2. The molecule has 0 bridgehead atoms. The average molecular weight is 439 g/mol. The van der Waals surface area contributed by atoms with Crippen molar-refractivity contribution in [2.24, 2.45) is 7.05 Å². The van der Waals surface area contributed by atoms with Crippen molar-refractivity contribution < 1.29 is 27.5 Å². The standard InChI is InChI=1S/C20H24F3N5O3/c1-26-13-16(18(25-26)31-2)19(30)28-11-9-27(10-12-28)8-7-24-17(29)14-3-5-15(6-4-14)20(21,22)23/h3-6,13H,7-12H2,1-2H3,(H,24,29).